The molecule has 0 unspecified atom stereocenters. The van der Waals surface area contributed by atoms with Gasteiger partial charge in [-0.25, -0.2) is 9.18 Å². The Morgan fingerprint density at radius 1 is 1.62 bits per heavy atom. The molecule has 1 aromatic rings. The number of hydrogen-bond acceptors (Lipinski definition) is 2. The number of esters is 1. The van der Waals surface area contributed by atoms with Gasteiger partial charge in [-0.05, 0) is 17.7 Å². The van der Waals surface area contributed by atoms with E-state index in [1.54, 1.807) is 6.07 Å². The van der Waals surface area contributed by atoms with E-state index in [1.165, 1.54) is 19.2 Å². The minimum absolute atomic E-state index is 0.0728. The average Bonchev–Trinajstić information content (AvgIpc) is 2.16. The van der Waals surface area contributed by atoms with E-state index in [9.17, 15) is 9.18 Å². The Hall–Kier alpha value is -1.09. The van der Waals surface area contributed by atoms with Crippen LogP contribution in [0.2, 0.25) is 0 Å². The van der Waals surface area contributed by atoms with Crippen molar-refractivity contribution >= 4 is 17.6 Å². The molecule has 0 N–H and O–H groups in total. The molecular formula is C9H8ClFO2. The Balaban J connectivity index is 3.05. The summed E-state index contributed by atoms with van der Waals surface area (Å²) in [7, 11) is 1.21. The van der Waals surface area contributed by atoms with E-state index >= 15 is 0 Å². The molecule has 0 aliphatic heterocycles. The Kier molecular flexibility index (Phi) is 3.25. The van der Waals surface area contributed by atoms with Crippen LogP contribution in [-0.4, -0.2) is 13.1 Å². The largest absolute Gasteiger partial charge is 0.465 e. The van der Waals surface area contributed by atoms with E-state index in [4.69, 9.17) is 11.6 Å². The highest BCUT2D eigenvalue weighted by atomic mass is 35.5. The molecule has 0 radical (unpaired) electrons. The van der Waals surface area contributed by atoms with Gasteiger partial charge in [0.1, 0.15) is 5.82 Å². The Morgan fingerprint density at radius 2 is 2.31 bits per heavy atom. The third-order valence-electron chi connectivity index (χ3n) is 1.59. The second-order valence-corrected chi connectivity index (χ2v) is 2.71. The van der Waals surface area contributed by atoms with Gasteiger partial charge in [0, 0.05) is 5.88 Å². The monoisotopic (exact) mass is 202 g/mol. The molecule has 1 rings (SSSR count). The summed E-state index contributed by atoms with van der Waals surface area (Å²) in [5, 5.41) is 0. The molecule has 0 bridgehead atoms. The zero-order valence-corrected chi connectivity index (χ0v) is 7.77. The van der Waals surface area contributed by atoms with E-state index in [0.717, 1.165) is 0 Å². The fraction of sp³-hybridized carbons (Fsp3) is 0.222. The molecule has 1 aromatic carbocycles. The van der Waals surface area contributed by atoms with Crippen LogP contribution in [-0.2, 0) is 10.6 Å². The number of benzene rings is 1. The van der Waals surface area contributed by atoms with Gasteiger partial charge in [-0.3, -0.25) is 0 Å². The summed E-state index contributed by atoms with van der Waals surface area (Å²) < 4.78 is 17.5. The van der Waals surface area contributed by atoms with E-state index < -0.39 is 11.8 Å². The predicted molar refractivity (Wildman–Crippen MR) is 47.3 cm³/mol. The van der Waals surface area contributed by atoms with E-state index in [-0.39, 0.29) is 11.4 Å². The van der Waals surface area contributed by atoms with Crippen LogP contribution in [0.4, 0.5) is 4.39 Å². The summed E-state index contributed by atoms with van der Waals surface area (Å²) in [4.78, 5) is 10.9. The molecule has 0 fully saturated rings. The van der Waals surface area contributed by atoms with Gasteiger partial charge in [0.2, 0.25) is 0 Å². The molecule has 4 heteroatoms. The highest BCUT2D eigenvalue weighted by Crippen LogP contribution is 2.12. The zero-order valence-electron chi connectivity index (χ0n) is 7.01. The maximum absolute atomic E-state index is 13.1. The van der Waals surface area contributed by atoms with E-state index in [2.05, 4.69) is 4.74 Å². The van der Waals surface area contributed by atoms with Crippen molar-refractivity contribution < 1.29 is 13.9 Å². The van der Waals surface area contributed by atoms with Gasteiger partial charge >= 0.3 is 5.97 Å². The van der Waals surface area contributed by atoms with Crippen molar-refractivity contribution in [1.82, 2.24) is 0 Å². The summed E-state index contributed by atoms with van der Waals surface area (Å²) in [5.41, 5.74) is 0.559. The first kappa shape index (κ1) is 9.99. The lowest BCUT2D eigenvalue weighted by Crippen LogP contribution is -2.04. The van der Waals surface area contributed by atoms with Gasteiger partial charge < -0.3 is 4.74 Å². The van der Waals surface area contributed by atoms with Crippen molar-refractivity contribution in [2.45, 2.75) is 5.88 Å². The van der Waals surface area contributed by atoms with Gasteiger partial charge in [0.05, 0.1) is 12.7 Å². The second kappa shape index (κ2) is 4.23. The van der Waals surface area contributed by atoms with Crippen LogP contribution in [0.25, 0.3) is 0 Å². The number of carbonyl (C=O) groups excluding carboxylic acids is 1. The van der Waals surface area contributed by atoms with E-state index in [0.29, 0.717) is 5.56 Å². The molecule has 70 valence electrons. The van der Waals surface area contributed by atoms with Gasteiger partial charge in [-0.1, -0.05) is 6.07 Å². The average molecular weight is 203 g/mol. The number of ether oxygens (including phenoxy) is 1. The number of carbonyl (C=O) groups is 1. The summed E-state index contributed by atoms with van der Waals surface area (Å²) in [6.45, 7) is 0. The molecule has 13 heavy (non-hydrogen) atoms. The highest BCUT2D eigenvalue weighted by Gasteiger charge is 2.11. The Labute approximate surface area is 80.3 Å². The lowest BCUT2D eigenvalue weighted by atomic mass is 10.1. The first-order valence-corrected chi connectivity index (χ1v) is 4.15. The molecule has 0 atom stereocenters. The SMILES string of the molecule is COC(=O)c1ccc(CCl)cc1F. The molecule has 0 heterocycles. The van der Waals surface area contributed by atoms with Crippen molar-refractivity contribution in [3.63, 3.8) is 0 Å². The van der Waals surface area contributed by atoms with Crippen molar-refractivity contribution in [3.8, 4) is 0 Å². The maximum atomic E-state index is 13.1. The summed E-state index contributed by atoms with van der Waals surface area (Å²) in [6, 6.07) is 4.17. The minimum Gasteiger partial charge on any atom is -0.465 e. The summed E-state index contributed by atoms with van der Waals surface area (Å²) in [5.74, 6) is -1.07. The first-order valence-electron chi connectivity index (χ1n) is 3.61. The molecule has 2 nitrogen and oxygen atoms in total. The smallest absolute Gasteiger partial charge is 0.340 e. The summed E-state index contributed by atoms with van der Waals surface area (Å²) >= 11 is 5.48. The number of alkyl halides is 1. The van der Waals surface area contributed by atoms with Crippen LogP contribution in [0.3, 0.4) is 0 Å². The minimum atomic E-state index is -0.682. The number of methoxy groups -OCH3 is 1. The number of hydrogen-bond donors (Lipinski definition) is 0. The normalized spacial score (nSPS) is 9.77. The molecular weight excluding hydrogens is 195 g/mol. The van der Waals surface area contributed by atoms with Crippen LogP contribution in [0.5, 0.6) is 0 Å². The molecule has 0 aromatic heterocycles. The zero-order chi connectivity index (χ0) is 9.84. The molecule has 0 saturated carbocycles. The molecule has 0 aliphatic rings. The quantitative estimate of drug-likeness (QED) is 0.544. The molecule has 0 amide bonds. The number of halogens is 2. The second-order valence-electron chi connectivity index (χ2n) is 2.44. The Morgan fingerprint density at radius 3 is 2.77 bits per heavy atom. The van der Waals surface area contributed by atoms with Gasteiger partial charge in [0.25, 0.3) is 0 Å². The topological polar surface area (TPSA) is 26.3 Å². The van der Waals surface area contributed by atoms with Crippen LogP contribution in [0.15, 0.2) is 18.2 Å². The Bertz CT molecular complexity index is 325. The van der Waals surface area contributed by atoms with Crippen LogP contribution in [0, 0.1) is 5.82 Å². The van der Waals surface area contributed by atoms with Crippen molar-refractivity contribution in [1.29, 1.82) is 0 Å². The van der Waals surface area contributed by atoms with Crippen LogP contribution >= 0.6 is 11.6 Å². The first-order chi connectivity index (χ1) is 6.19. The lowest BCUT2D eigenvalue weighted by Gasteiger charge is -2.01. The third kappa shape index (κ3) is 2.18. The molecule has 0 spiro atoms. The van der Waals surface area contributed by atoms with Crippen LogP contribution < -0.4 is 0 Å². The van der Waals surface area contributed by atoms with E-state index in [1.807, 2.05) is 0 Å². The van der Waals surface area contributed by atoms with Crippen molar-refractivity contribution in [2.75, 3.05) is 7.11 Å². The standard InChI is InChI=1S/C9H8ClFO2/c1-13-9(12)7-3-2-6(5-10)4-8(7)11/h2-4H,5H2,1H3. The fourth-order valence-corrected chi connectivity index (χ4v) is 1.08. The maximum Gasteiger partial charge on any atom is 0.340 e. The van der Waals surface area contributed by atoms with Crippen LogP contribution in [0.1, 0.15) is 15.9 Å². The van der Waals surface area contributed by atoms with Gasteiger partial charge in [0.15, 0.2) is 0 Å². The third-order valence-corrected chi connectivity index (χ3v) is 1.90. The predicted octanol–water partition coefficient (Wildman–Crippen LogP) is 2.35. The molecule has 0 aliphatic carbocycles. The van der Waals surface area contributed by atoms with Crippen molar-refractivity contribution in [3.05, 3.63) is 35.1 Å². The molecule has 0 saturated heterocycles. The van der Waals surface area contributed by atoms with Crippen molar-refractivity contribution in [2.24, 2.45) is 0 Å². The lowest BCUT2D eigenvalue weighted by molar-refractivity contribution is 0.0595. The van der Waals surface area contributed by atoms with Gasteiger partial charge in [-0.2, -0.15) is 0 Å². The highest BCUT2D eigenvalue weighted by molar-refractivity contribution is 6.17. The number of rotatable bonds is 2. The summed E-state index contributed by atoms with van der Waals surface area (Å²) in [6.07, 6.45) is 0. The van der Waals surface area contributed by atoms with Gasteiger partial charge in [-0.15, -0.1) is 11.6 Å². The fourth-order valence-electron chi connectivity index (χ4n) is 0.917.